The van der Waals surface area contributed by atoms with Gasteiger partial charge >= 0.3 is 0 Å². The maximum Gasteiger partial charge on any atom is 0.0642 e. The van der Waals surface area contributed by atoms with E-state index in [4.69, 9.17) is 11.6 Å². The number of benzene rings is 1. The van der Waals surface area contributed by atoms with E-state index in [1.54, 1.807) is 0 Å². The molecule has 2 nitrogen and oxygen atoms in total. The smallest absolute Gasteiger partial charge is 0.0642 e. The van der Waals surface area contributed by atoms with E-state index < -0.39 is 0 Å². The van der Waals surface area contributed by atoms with Crippen LogP contribution in [-0.4, -0.2) is 21.1 Å². The van der Waals surface area contributed by atoms with E-state index in [0.717, 1.165) is 10.7 Å². The summed E-state index contributed by atoms with van der Waals surface area (Å²) in [6.07, 6.45) is 0. The van der Waals surface area contributed by atoms with E-state index >= 15 is 0 Å². The van der Waals surface area contributed by atoms with Gasteiger partial charge in [-0.05, 0) is 31.7 Å². The van der Waals surface area contributed by atoms with Gasteiger partial charge in [-0.25, -0.2) is 0 Å². The molecule has 1 aromatic carbocycles. The van der Waals surface area contributed by atoms with Gasteiger partial charge in [0.2, 0.25) is 0 Å². The summed E-state index contributed by atoms with van der Waals surface area (Å²) in [6, 6.07) is 6.50. The maximum atomic E-state index is 6.16. The summed E-state index contributed by atoms with van der Waals surface area (Å²) < 4.78 is 0. The second kappa shape index (κ2) is 4.67. The second-order valence-electron chi connectivity index (χ2n) is 3.62. The van der Waals surface area contributed by atoms with Crippen LogP contribution in [-0.2, 0) is 0 Å². The van der Waals surface area contributed by atoms with Crippen LogP contribution in [0.1, 0.15) is 18.5 Å². The summed E-state index contributed by atoms with van der Waals surface area (Å²) >= 11 is 6.16. The number of hydrogen-bond acceptors (Lipinski definition) is 2. The van der Waals surface area contributed by atoms with E-state index in [2.05, 4.69) is 18.3 Å². The van der Waals surface area contributed by atoms with Crippen molar-refractivity contribution in [2.75, 3.05) is 26.0 Å². The molecule has 0 spiro atoms. The molecule has 1 rings (SSSR count). The van der Waals surface area contributed by atoms with Crippen LogP contribution >= 0.6 is 11.6 Å². The lowest BCUT2D eigenvalue weighted by Crippen LogP contribution is -2.13. The van der Waals surface area contributed by atoms with Crippen LogP contribution in [0.4, 0.5) is 5.69 Å². The van der Waals surface area contributed by atoms with Gasteiger partial charge < -0.3 is 10.2 Å². The first kappa shape index (κ1) is 11.3. The Bertz CT molecular complexity index is 310. The molecule has 1 aromatic rings. The molecule has 0 bridgehead atoms. The highest BCUT2D eigenvalue weighted by atomic mass is 35.5. The van der Waals surface area contributed by atoms with Crippen LogP contribution in [0.2, 0.25) is 5.02 Å². The summed E-state index contributed by atoms with van der Waals surface area (Å²) in [5.74, 6) is 0. The highest BCUT2D eigenvalue weighted by molar-refractivity contribution is 6.33. The van der Waals surface area contributed by atoms with E-state index in [0.29, 0.717) is 6.04 Å². The Balaban J connectivity index is 3.00. The van der Waals surface area contributed by atoms with Crippen molar-refractivity contribution in [3.05, 3.63) is 28.8 Å². The molecule has 0 amide bonds. The molecular weight excluding hydrogens is 196 g/mol. The molecule has 0 saturated carbocycles. The van der Waals surface area contributed by atoms with Crippen molar-refractivity contribution < 1.29 is 0 Å². The zero-order chi connectivity index (χ0) is 10.7. The molecule has 1 unspecified atom stereocenters. The van der Waals surface area contributed by atoms with Crippen LogP contribution in [0.3, 0.4) is 0 Å². The van der Waals surface area contributed by atoms with Gasteiger partial charge in [-0.15, -0.1) is 0 Å². The van der Waals surface area contributed by atoms with Gasteiger partial charge in [0.1, 0.15) is 0 Å². The Morgan fingerprint density at radius 2 is 2.00 bits per heavy atom. The van der Waals surface area contributed by atoms with Crippen LogP contribution in [0.5, 0.6) is 0 Å². The van der Waals surface area contributed by atoms with Gasteiger partial charge in [0.15, 0.2) is 0 Å². The third-order valence-electron chi connectivity index (χ3n) is 2.39. The van der Waals surface area contributed by atoms with Crippen LogP contribution < -0.4 is 10.2 Å². The highest BCUT2D eigenvalue weighted by Crippen LogP contribution is 2.27. The minimum absolute atomic E-state index is 0.337. The monoisotopic (exact) mass is 212 g/mol. The zero-order valence-electron chi connectivity index (χ0n) is 9.13. The Kier molecular flexibility index (Phi) is 3.78. The lowest BCUT2D eigenvalue weighted by Gasteiger charge is -2.17. The fourth-order valence-corrected chi connectivity index (χ4v) is 1.68. The Morgan fingerprint density at radius 1 is 1.36 bits per heavy atom. The largest absolute Gasteiger partial charge is 0.376 e. The SMILES string of the molecule is CNC(C)c1ccc(N(C)C)c(Cl)c1. The molecule has 0 radical (unpaired) electrons. The summed E-state index contributed by atoms with van der Waals surface area (Å²) in [7, 11) is 5.92. The standard InChI is InChI=1S/C11H17ClN2/c1-8(13-2)9-5-6-11(14(3)4)10(12)7-9/h5-8,13H,1-4H3. The van der Waals surface area contributed by atoms with Crippen LogP contribution in [0, 0.1) is 0 Å². The van der Waals surface area contributed by atoms with E-state index in [1.165, 1.54) is 5.56 Å². The van der Waals surface area contributed by atoms with Gasteiger partial charge in [0.25, 0.3) is 0 Å². The average Bonchev–Trinajstić information content (AvgIpc) is 2.15. The first-order valence-corrected chi connectivity index (χ1v) is 5.08. The molecule has 0 aromatic heterocycles. The van der Waals surface area contributed by atoms with Gasteiger partial charge in [-0.3, -0.25) is 0 Å². The van der Waals surface area contributed by atoms with Crippen molar-refractivity contribution in [3.63, 3.8) is 0 Å². The quantitative estimate of drug-likeness (QED) is 0.829. The Hall–Kier alpha value is -0.730. The fraction of sp³-hybridized carbons (Fsp3) is 0.455. The number of halogens is 1. The third kappa shape index (κ3) is 2.40. The van der Waals surface area contributed by atoms with E-state index in [-0.39, 0.29) is 0 Å². The predicted octanol–water partition coefficient (Wildman–Crippen LogP) is 2.69. The topological polar surface area (TPSA) is 15.3 Å². The zero-order valence-corrected chi connectivity index (χ0v) is 9.89. The van der Waals surface area contributed by atoms with Crippen molar-refractivity contribution in [1.29, 1.82) is 0 Å². The lowest BCUT2D eigenvalue weighted by molar-refractivity contribution is 0.652. The normalized spacial score (nSPS) is 12.6. The van der Waals surface area contributed by atoms with Crippen molar-refractivity contribution in [1.82, 2.24) is 5.32 Å². The van der Waals surface area contributed by atoms with Gasteiger partial charge in [-0.2, -0.15) is 0 Å². The molecule has 0 aliphatic heterocycles. The number of nitrogens with one attached hydrogen (secondary N) is 1. The predicted molar refractivity (Wildman–Crippen MR) is 63.3 cm³/mol. The second-order valence-corrected chi connectivity index (χ2v) is 4.02. The van der Waals surface area contributed by atoms with E-state index in [9.17, 15) is 0 Å². The molecule has 3 heteroatoms. The Labute approximate surface area is 90.9 Å². The molecule has 14 heavy (non-hydrogen) atoms. The minimum atomic E-state index is 0.337. The Morgan fingerprint density at radius 3 is 2.43 bits per heavy atom. The lowest BCUT2D eigenvalue weighted by atomic mass is 10.1. The van der Waals surface area contributed by atoms with Gasteiger partial charge in [0.05, 0.1) is 10.7 Å². The summed E-state index contributed by atoms with van der Waals surface area (Å²) in [5.41, 5.74) is 2.27. The molecule has 0 aliphatic carbocycles. The van der Waals surface area contributed by atoms with Crippen molar-refractivity contribution >= 4 is 17.3 Å². The van der Waals surface area contributed by atoms with Gasteiger partial charge in [-0.1, -0.05) is 17.7 Å². The summed E-state index contributed by atoms with van der Waals surface area (Å²) in [6.45, 7) is 2.11. The van der Waals surface area contributed by atoms with Crippen molar-refractivity contribution in [2.45, 2.75) is 13.0 Å². The summed E-state index contributed by atoms with van der Waals surface area (Å²) in [5, 5.41) is 3.99. The van der Waals surface area contributed by atoms with Crippen LogP contribution in [0.25, 0.3) is 0 Å². The molecule has 1 N–H and O–H groups in total. The first-order chi connectivity index (χ1) is 6.56. The molecule has 0 saturated heterocycles. The number of anilines is 1. The molecule has 0 fully saturated rings. The molecule has 0 heterocycles. The van der Waals surface area contributed by atoms with Crippen LogP contribution in [0.15, 0.2) is 18.2 Å². The highest BCUT2D eigenvalue weighted by Gasteiger charge is 2.07. The summed E-state index contributed by atoms with van der Waals surface area (Å²) in [4.78, 5) is 2.01. The maximum absolute atomic E-state index is 6.16. The molecule has 0 aliphatic rings. The number of rotatable bonds is 3. The number of nitrogens with zero attached hydrogens (tertiary/aromatic N) is 1. The molecular formula is C11H17ClN2. The first-order valence-electron chi connectivity index (χ1n) is 4.70. The van der Waals surface area contributed by atoms with Crippen molar-refractivity contribution in [3.8, 4) is 0 Å². The fourth-order valence-electron chi connectivity index (χ4n) is 1.32. The van der Waals surface area contributed by atoms with Gasteiger partial charge in [0, 0.05) is 20.1 Å². The third-order valence-corrected chi connectivity index (χ3v) is 2.69. The number of hydrogen-bond donors (Lipinski definition) is 1. The minimum Gasteiger partial charge on any atom is -0.376 e. The molecule has 1 atom stereocenters. The van der Waals surface area contributed by atoms with Crippen molar-refractivity contribution in [2.24, 2.45) is 0 Å². The molecule has 78 valence electrons. The van der Waals surface area contributed by atoms with E-state index in [1.807, 2.05) is 38.2 Å². The average molecular weight is 213 g/mol.